The lowest BCUT2D eigenvalue weighted by atomic mass is 10.1. The van der Waals surface area contributed by atoms with E-state index in [4.69, 9.17) is 0 Å². The molecule has 6 nitrogen and oxygen atoms in total. The minimum Gasteiger partial charge on any atom is -0.465 e. The molecule has 2 aromatic rings. The Morgan fingerprint density at radius 2 is 1.67 bits per heavy atom. The van der Waals surface area contributed by atoms with E-state index in [0.29, 0.717) is 17.8 Å². The number of carbonyl (C=O) groups is 3. The average molecular weight is 368 g/mol. The summed E-state index contributed by atoms with van der Waals surface area (Å²) < 4.78 is 4.64. The highest BCUT2D eigenvalue weighted by Crippen LogP contribution is 2.11. The lowest BCUT2D eigenvalue weighted by molar-refractivity contribution is -0.132. The van der Waals surface area contributed by atoms with Crippen molar-refractivity contribution in [2.75, 3.05) is 25.5 Å². The maximum Gasteiger partial charge on any atom is 0.337 e. The molecule has 142 valence electrons. The minimum atomic E-state index is -0.436. The second-order valence-corrected chi connectivity index (χ2v) is 6.15. The molecule has 2 amide bonds. The summed E-state index contributed by atoms with van der Waals surface area (Å²) in [6.45, 7) is 1.96. The van der Waals surface area contributed by atoms with Crippen LogP contribution in [0.5, 0.6) is 0 Å². The Bertz CT molecular complexity index is 773. The smallest absolute Gasteiger partial charge is 0.337 e. The van der Waals surface area contributed by atoms with Gasteiger partial charge < -0.3 is 15.0 Å². The number of rotatable bonds is 8. The molecular formula is C21H24N2O4. The van der Waals surface area contributed by atoms with Gasteiger partial charge in [0.15, 0.2) is 0 Å². The van der Waals surface area contributed by atoms with Crippen LogP contribution in [0, 0.1) is 0 Å². The highest BCUT2D eigenvalue weighted by Gasteiger charge is 2.14. The number of methoxy groups -OCH3 is 1. The normalized spacial score (nSPS) is 10.1. The van der Waals surface area contributed by atoms with Gasteiger partial charge in [-0.2, -0.15) is 0 Å². The first-order chi connectivity index (χ1) is 13.0. The van der Waals surface area contributed by atoms with Crippen molar-refractivity contribution in [1.29, 1.82) is 0 Å². The molecule has 0 saturated carbocycles. The van der Waals surface area contributed by atoms with Gasteiger partial charge in [-0.1, -0.05) is 30.3 Å². The summed E-state index contributed by atoms with van der Waals surface area (Å²) in [6, 6.07) is 16.4. The van der Waals surface area contributed by atoms with Crippen LogP contribution in [0.3, 0.4) is 0 Å². The van der Waals surface area contributed by atoms with Gasteiger partial charge in [-0.3, -0.25) is 9.59 Å². The first-order valence-electron chi connectivity index (χ1n) is 8.77. The van der Waals surface area contributed by atoms with E-state index in [2.05, 4.69) is 10.1 Å². The van der Waals surface area contributed by atoms with Crippen molar-refractivity contribution >= 4 is 23.5 Å². The van der Waals surface area contributed by atoms with Crippen LogP contribution in [0.1, 0.15) is 29.3 Å². The molecule has 27 heavy (non-hydrogen) atoms. The number of nitrogens with one attached hydrogen (secondary N) is 1. The van der Waals surface area contributed by atoms with E-state index < -0.39 is 5.97 Å². The molecular weight excluding hydrogens is 344 g/mol. The standard InChI is InChI=1S/C21H24N2O4/c1-16(24)23(14-6-9-17-7-4-3-5-8-17)15-20(25)22-19-12-10-18(11-13-19)21(26)27-2/h3-5,7-8,10-13H,6,9,14-15H2,1-2H3,(H,22,25). The van der Waals surface area contributed by atoms with Crippen LogP contribution in [-0.2, 0) is 20.7 Å². The zero-order valence-corrected chi connectivity index (χ0v) is 15.6. The number of amides is 2. The topological polar surface area (TPSA) is 75.7 Å². The Kier molecular flexibility index (Phi) is 7.55. The van der Waals surface area contributed by atoms with Crippen molar-refractivity contribution in [3.05, 3.63) is 65.7 Å². The predicted octanol–water partition coefficient (Wildman–Crippen LogP) is 2.89. The number of esters is 1. The van der Waals surface area contributed by atoms with E-state index in [1.165, 1.54) is 24.5 Å². The third-order valence-corrected chi connectivity index (χ3v) is 4.11. The maximum absolute atomic E-state index is 12.2. The fraction of sp³-hybridized carbons (Fsp3) is 0.286. The van der Waals surface area contributed by atoms with Gasteiger partial charge in [0.25, 0.3) is 0 Å². The van der Waals surface area contributed by atoms with Gasteiger partial charge in [-0.25, -0.2) is 4.79 Å². The number of ether oxygens (including phenoxy) is 1. The Hall–Kier alpha value is -3.15. The summed E-state index contributed by atoms with van der Waals surface area (Å²) in [5, 5.41) is 2.73. The zero-order chi connectivity index (χ0) is 19.6. The predicted molar refractivity (Wildman–Crippen MR) is 103 cm³/mol. The zero-order valence-electron chi connectivity index (χ0n) is 15.6. The molecule has 0 aliphatic heterocycles. The first kappa shape index (κ1) is 20.2. The number of carbonyl (C=O) groups excluding carboxylic acids is 3. The van der Waals surface area contributed by atoms with E-state index in [0.717, 1.165) is 12.8 Å². The van der Waals surface area contributed by atoms with Gasteiger partial charge >= 0.3 is 5.97 Å². The SMILES string of the molecule is COC(=O)c1ccc(NC(=O)CN(CCCc2ccccc2)C(C)=O)cc1. The Labute approximate surface area is 159 Å². The maximum atomic E-state index is 12.2. The van der Waals surface area contributed by atoms with Crippen molar-refractivity contribution in [2.45, 2.75) is 19.8 Å². The Balaban J connectivity index is 1.85. The summed E-state index contributed by atoms with van der Waals surface area (Å²) in [7, 11) is 1.31. The molecule has 0 bridgehead atoms. The Morgan fingerprint density at radius 3 is 2.26 bits per heavy atom. The van der Waals surface area contributed by atoms with Gasteiger partial charge in [0, 0.05) is 19.2 Å². The van der Waals surface area contributed by atoms with Crippen LogP contribution in [0.4, 0.5) is 5.69 Å². The molecule has 2 rings (SSSR count). The number of nitrogens with zero attached hydrogens (tertiary/aromatic N) is 1. The molecule has 0 fully saturated rings. The highest BCUT2D eigenvalue weighted by atomic mass is 16.5. The molecule has 6 heteroatoms. The molecule has 0 saturated heterocycles. The summed E-state index contributed by atoms with van der Waals surface area (Å²) in [6.07, 6.45) is 1.63. The van der Waals surface area contributed by atoms with Crippen molar-refractivity contribution in [3.63, 3.8) is 0 Å². The summed E-state index contributed by atoms with van der Waals surface area (Å²) in [5.41, 5.74) is 2.17. The van der Waals surface area contributed by atoms with E-state index in [1.807, 2.05) is 30.3 Å². The molecule has 0 aliphatic rings. The third-order valence-electron chi connectivity index (χ3n) is 4.11. The quantitative estimate of drug-likeness (QED) is 0.727. The van der Waals surface area contributed by atoms with Gasteiger partial charge in [-0.05, 0) is 42.7 Å². The van der Waals surface area contributed by atoms with Crippen LogP contribution < -0.4 is 5.32 Å². The van der Waals surface area contributed by atoms with Crippen LogP contribution in [0.25, 0.3) is 0 Å². The average Bonchev–Trinajstić information content (AvgIpc) is 2.68. The fourth-order valence-corrected chi connectivity index (χ4v) is 2.65. The van der Waals surface area contributed by atoms with E-state index in [9.17, 15) is 14.4 Å². The van der Waals surface area contributed by atoms with E-state index >= 15 is 0 Å². The molecule has 0 unspecified atom stereocenters. The number of hydrogen-bond acceptors (Lipinski definition) is 4. The molecule has 0 aliphatic carbocycles. The summed E-state index contributed by atoms with van der Waals surface area (Å²) >= 11 is 0. The van der Waals surface area contributed by atoms with Crippen LogP contribution in [0.2, 0.25) is 0 Å². The molecule has 0 atom stereocenters. The number of aryl methyl sites for hydroxylation is 1. The van der Waals surface area contributed by atoms with Crippen molar-refractivity contribution in [1.82, 2.24) is 4.90 Å². The second-order valence-electron chi connectivity index (χ2n) is 6.15. The van der Waals surface area contributed by atoms with Crippen LogP contribution in [-0.4, -0.2) is 42.9 Å². The van der Waals surface area contributed by atoms with Crippen molar-refractivity contribution in [3.8, 4) is 0 Å². The molecule has 1 N–H and O–H groups in total. The van der Waals surface area contributed by atoms with Crippen LogP contribution in [0.15, 0.2) is 54.6 Å². The largest absolute Gasteiger partial charge is 0.465 e. The van der Waals surface area contributed by atoms with Crippen molar-refractivity contribution < 1.29 is 19.1 Å². The lowest BCUT2D eigenvalue weighted by Crippen LogP contribution is -2.37. The third kappa shape index (κ3) is 6.58. The van der Waals surface area contributed by atoms with Crippen LogP contribution >= 0.6 is 0 Å². The van der Waals surface area contributed by atoms with E-state index in [1.54, 1.807) is 24.3 Å². The number of hydrogen-bond donors (Lipinski definition) is 1. The summed E-state index contributed by atoms with van der Waals surface area (Å²) in [4.78, 5) is 37.0. The van der Waals surface area contributed by atoms with Gasteiger partial charge in [-0.15, -0.1) is 0 Å². The van der Waals surface area contributed by atoms with E-state index in [-0.39, 0.29) is 18.4 Å². The fourth-order valence-electron chi connectivity index (χ4n) is 2.65. The van der Waals surface area contributed by atoms with Gasteiger partial charge in [0.2, 0.25) is 11.8 Å². The summed E-state index contributed by atoms with van der Waals surface area (Å²) in [5.74, 6) is -0.857. The lowest BCUT2D eigenvalue weighted by Gasteiger charge is -2.20. The molecule has 0 radical (unpaired) electrons. The molecule has 0 spiro atoms. The number of benzene rings is 2. The monoisotopic (exact) mass is 368 g/mol. The molecule has 2 aromatic carbocycles. The molecule has 0 heterocycles. The Morgan fingerprint density at radius 1 is 1.00 bits per heavy atom. The molecule has 0 aromatic heterocycles. The highest BCUT2D eigenvalue weighted by molar-refractivity contribution is 5.95. The van der Waals surface area contributed by atoms with Gasteiger partial charge in [0.1, 0.15) is 0 Å². The minimum absolute atomic E-state index is 0.0110. The second kappa shape index (κ2) is 10.1. The van der Waals surface area contributed by atoms with Crippen molar-refractivity contribution in [2.24, 2.45) is 0 Å². The first-order valence-corrected chi connectivity index (χ1v) is 8.77. The number of anilines is 1. The van der Waals surface area contributed by atoms with Gasteiger partial charge in [0.05, 0.1) is 19.2 Å².